The van der Waals surface area contributed by atoms with Gasteiger partial charge in [0.1, 0.15) is 7.11 Å². The molecule has 0 unspecified atom stereocenters. The van der Waals surface area contributed by atoms with Crippen LogP contribution in [0.5, 0.6) is 0 Å². The molecule has 0 aliphatic carbocycles. The van der Waals surface area contributed by atoms with Gasteiger partial charge in [-0.2, -0.15) is 0 Å². The molecule has 76 valence electrons. The molecule has 0 atom stereocenters. The fourth-order valence-corrected chi connectivity index (χ4v) is 1.55. The van der Waals surface area contributed by atoms with Gasteiger partial charge in [-0.05, 0) is 25.8 Å². The first-order valence-corrected chi connectivity index (χ1v) is 4.86. The van der Waals surface area contributed by atoms with Crippen molar-refractivity contribution in [1.29, 1.82) is 0 Å². The number of hydrogen-bond acceptors (Lipinski definition) is 2. The molecule has 0 fully saturated rings. The van der Waals surface area contributed by atoms with E-state index < -0.39 is 0 Å². The van der Waals surface area contributed by atoms with E-state index in [0.717, 1.165) is 12.1 Å². The summed E-state index contributed by atoms with van der Waals surface area (Å²) in [5.41, 5.74) is 4.73. The lowest BCUT2D eigenvalue weighted by molar-refractivity contribution is 0.213. The van der Waals surface area contributed by atoms with Crippen molar-refractivity contribution in [3.8, 4) is 0 Å². The van der Waals surface area contributed by atoms with Gasteiger partial charge < -0.3 is 4.84 Å². The van der Waals surface area contributed by atoms with Gasteiger partial charge in [-0.1, -0.05) is 35.8 Å². The van der Waals surface area contributed by atoms with Gasteiger partial charge in [0.15, 0.2) is 0 Å². The van der Waals surface area contributed by atoms with E-state index in [4.69, 9.17) is 4.84 Å². The number of benzene rings is 1. The van der Waals surface area contributed by atoms with E-state index in [1.165, 1.54) is 16.7 Å². The summed E-state index contributed by atoms with van der Waals surface area (Å²) < 4.78 is 0. The number of nitrogens with zero attached hydrogens (tertiary/aromatic N) is 1. The van der Waals surface area contributed by atoms with E-state index >= 15 is 0 Å². The van der Waals surface area contributed by atoms with E-state index in [9.17, 15) is 0 Å². The molecule has 0 bridgehead atoms. The molecular formula is C12H17NO. The zero-order valence-electron chi connectivity index (χ0n) is 9.29. The Bertz CT molecular complexity index is 342. The van der Waals surface area contributed by atoms with E-state index in [0.29, 0.717) is 0 Å². The predicted molar refractivity (Wildman–Crippen MR) is 59.8 cm³/mol. The lowest BCUT2D eigenvalue weighted by Crippen LogP contribution is -2.01. The van der Waals surface area contributed by atoms with Gasteiger partial charge in [-0.15, -0.1) is 0 Å². The van der Waals surface area contributed by atoms with E-state index in [1.807, 2.05) is 6.92 Å². The van der Waals surface area contributed by atoms with Crippen molar-refractivity contribution in [2.75, 3.05) is 7.11 Å². The normalized spacial score (nSPS) is 11.6. The first-order chi connectivity index (χ1) is 6.69. The third kappa shape index (κ3) is 2.34. The maximum Gasteiger partial charge on any atom is 0.106 e. The average Bonchev–Trinajstić information content (AvgIpc) is 2.17. The van der Waals surface area contributed by atoms with Crippen LogP contribution in [0.15, 0.2) is 23.4 Å². The number of rotatable bonds is 3. The van der Waals surface area contributed by atoms with E-state index in [2.05, 4.69) is 37.2 Å². The van der Waals surface area contributed by atoms with E-state index in [-0.39, 0.29) is 0 Å². The maximum absolute atomic E-state index is 4.78. The topological polar surface area (TPSA) is 21.6 Å². The minimum absolute atomic E-state index is 0.935. The minimum atomic E-state index is 0.935. The maximum atomic E-state index is 4.78. The van der Waals surface area contributed by atoms with Crippen LogP contribution >= 0.6 is 0 Å². The summed E-state index contributed by atoms with van der Waals surface area (Å²) >= 11 is 0. The summed E-state index contributed by atoms with van der Waals surface area (Å²) in [6, 6.07) is 6.40. The van der Waals surface area contributed by atoms with Crippen molar-refractivity contribution in [3.05, 3.63) is 34.9 Å². The van der Waals surface area contributed by atoms with E-state index in [1.54, 1.807) is 7.11 Å². The number of oxime groups is 1. The molecule has 1 rings (SSSR count). The van der Waals surface area contributed by atoms with Crippen molar-refractivity contribution >= 4 is 5.71 Å². The van der Waals surface area contributed by atoms with Crippen LogP contribution in [0.25, 0.3) is 0 Å². The lowest BCUT2D eigenvalue weighted by Gasteiger charge is -2.07. The van der Waals surface area contributed by atoms with Crippen molar-refractivity contribution in [3.63, 3.8) is 0 Å². The fraction of sp³-hybridized carbons (Fsp3) is 0.417. The zero-order valence-corrected chi connectivity index (χ0v) is 9.29. The average molecular weight is 191 g/mol. The molecule has 0 aliphatic heterocycles. The molecule has 0 amide bonds. The second kappa shape index (κ2) is 4.80. The second-order valence-corrected chi connectivity index (χ2v) is 3.37. The molecular weight excluding hydrogens is 174 g/mol. The van der Waals surface area contributed by atoms with Gasteiger partial charge in [0.05, 0.1) is 5.71 Å². The summed E-state index contributed by atoms with van der Waals surface area (Å²) in [6.07, 6.45) is 1.02. The highest BCUT2D eigenvalue weighted by atomic mass is 16.6. The second-order valence-electron chi connectivity index (χ2n) is 3.37. The molecule has 2 nitrogen and oxygen atoms in total. The largest absolute Gasteiger partial charge is 0.399 e. The summed E-state index contributed by atoms with van der Waals surface area (Å²) in [5.74, 6) is 0. The van der Waals surface area contributed by atoms with Crippen molar-refractivity contribution in [1.82, 2.24) is 0 Å². The minimum Gasteiger partial charge on any atom is -0.399 e. The molecule has 14 heavy (non-hydrogen) atoms. The number of aryl methyl sites for hydroxylation is 2. The third-order valence-corrected chi connectivity index (χ3v) is 2.26. The Morgan fingerprint density at radius 1 is 1.43 bits per heavy atom. The summed E-state index contributed by atoms with van der Waals surface area (Å²) in [6.45, 7) is 6.22. The van der Waals surface area contributed by atoms with Crippen LogP contribution in [0.3, 0.4) is 0 Å². The molecule has 0 N–H and O–H groups in total. The highest BCUT2D eigenvalue weighted by molar-refractivity contribution is 5.99. The summed E-state index contributed by atoms with van der Waals surface area (Å²) in [5, 5.41) is 3.95. The molecule has 0 aliphatic rings. The Hall–Kier alpha value is -1.31. The Morgan fingerprint density at radius 2 is 2.14 bits per heavy atom. The first kappa shape index (κ1) is 10.8. The highest BCUT2D eigenvalue weighted by Crippen LogP contribution is 2.13. The lowest BCUT2D eigenvalue weighted by atomic mass is 9.99. The zero-order chi connectivity index (χ0) is 10.6. The Labute approximate surface area is 85.6 Å². The molecule has 2 heteroatoms. The molecule has 0 saturated heterocycles. The predicted octanol–water partition coefficient (Wildman–Crippen LogP) is 2.93. The van der Waals surface area contributed by atoms with Gasteiger partial charge in [0.2, 0.25) is 0 Å². The molecule has 0 heterocycles. The fourth-order valence-electron chi connectivity index (χ4n) is 1.55. The third-order valence-electron chi connectivity index (χ3n) is 2.26. The molecule has 0 aromatic heterocycles. The molecule has 1 aromatic rings. The first-order valence-electron chi connectivity index (χ1n) is 4.86. The van der Waals surface area contributed by atoms with Gasteiger partial charge in [0.25, 0.3) is 0 Å². The Morgan fingerprint density at radius 3 is 2.71 bits per heavy atom. The van der Waals surface area contributed by atoms with Crippen molar-refractivity contribution < 1.29 is 4.84 Å². The number of hydrogen-bond donors (Lipinski definition) is 0. The van der Waals surface area contributed by atoms with Crippen LogP contribution < -0.4 is 0 Å². The van der Waals surface area contributed by atoms with Crippen LogP contribution in [0.4, 0.5) is 0 Å². The Balaban J connectivity index is 3.14. The van der Waals surface area contributed by atoms with Crippen LogP contribution in [0, 0.1) is 6.92 Å². The molecule has 1 aromatic carbocycles. The Kier molecular flexibility index (Phi) is 3.69. The van der Waals surface area contributed by atoms with Crippen molar-refractivity contribution in [2.24, 2.45) is 5.16 Å². The molecule has 0 spiro atoms. The summed E-state index contributed by atoms with van der Waals surface area (Å²) in [7, 11) is 1.57. The monoisotopic (exact) mass is 191 g/mol. The summed E-state index contributed by atoms with van der Waals surface area (Å²) in [4.78, 5) is 4.78. The van der Waals surface area contributed by atoms with Crippen LogP contribution in [-0.4, -0.2) is 12.8 Å². The van der Waals surface area contributed by atoms with Crippen LogP contribution in [0.2, 0.25) is 0 Å². The quantitative estimate of drug-likeness (QED) is 0.531. The standard InChI is InChI=1S/C12H17NO/c1-5-11-8-9(2)6-7-12(11)10(3)13-14-4/h6-8H,5H2,1-4H3. The molecule has 0 radical (unpaired) electrons. The van der Waals surface area contributed by atoms with Gasteiger partial charge >= 0.3 is 0 Å². The van der Waals surface area contributed by atoms with Gasteiger partial charge in [-0.25, -0.2) is 0 Å². The van der Waals surface area contributed by atoms with Crippen LogP contribution in [0.1, 0.15) is 30.5 Å². The van der Waals surface area contributed by atoms with Gasteiger partial charge in [-0.3, -0.25) is 0 Å². The SMILES string of the molecule is CCc1cc(C)ccc1C(C)=NOC. The van der Waals surface area contributed by atoms with Crippen LogP contribution in [-0.2, 0) is 11.3 Å². The highest BCUT2D eigenvalue weighted by Gasteiger charge is 2.04. The smallest absolute Gasteiger partial charge is 0.106 e. The van der Waals surface area contributed by atoms with Crippen molar-refractivity contribution in [2.45, 2.75) is 27.2 Å². The molecule has 0 saturated carbocycles. The van der Waals surface area contributed by atoms with Gasteiger partial charge in [0, 0.05) is 5.56 Å².